The highest BCUT2D eigenvalue weighted by atomic mass is 19.1. The minimum Gasteiger partial charge on any atom is -0.308 e. The first-order chi connectivity index (χ1) is 31.8. The van der Waals surface area contributed by atoms with E-state index in [0.717, 1.165) is 33.0 Å². The summed E-state index contributed by atoms with van der Waals surface area (Å²) >= 11 is 0. The van der Waals surface area contributed by atoms with E-state index in [1.165, 1.54) is 30.3 Å². The van der Waals surface area contributed by atoms with Gasteiger partial charge in [0.25, 0.3) is 0 Å². The zero-order valence-corrected chi connectivity index (χ0v) is 34.0. The Balaban J connectivity index is 1.33. The molecule has 2 aromatic heterocycles. The molecule has 0 bridgehead atoms. The van der Waals surface area contributed by atoms with E-state index in [1.807, 2.05) is 102 Å². The van der Waals surface area contributed by atoms with Crippen molar-refractivity contribution in [2.24, 2.45) is 0 Å². The fourth-order valence-corrected chi connectivity index (χ4v) is 8.25. The second-order valence-electron chi connectivity index (χ2n) is 15.2. The van der Waals surface area contributed by atoms with Crippen molar-refractivity contribution in [2.75, 3.05) is 0 Å². The van der Waals surface area contributed by atoms with Crippen molar-refractivity contribution < 1.29 is 8.78 Å². The minimum atomic E-state index is -0.742. The molecule has 0 aliphatic rings. The third kappa shape index (κ3) is 7.26. The zero-order valence-electron chi connectivity index (χ0n) is 34.0. The Kier molecular flexibility index (Phi) is 9.94. The lowest BCUT2D eigenvalue weighted by Crippen LogP contribution is -2.04. The van der Waals surface area contributed by atoms with Gasteiger partial charge in [-0.05, 0) is 101 Å². The van der Waals surface area contributed by atoms with Crippen molar-refractivity contribution in [3.05, 3.63) is 204 Å². The van der Waals surface area contributed by atoms with Gasteiger partial charge in [-0.25, -0.2) is 23.7 Å². The normalized spacial score (nSPS) is 10.9. The van der Waals surface area contributed by atoms with Crippen LogP contribution in [0.3, 0.4) is 0 Å². The lowest BCUT2D eigenvalue weighted by atomic mass is 9.98. The van der Waals surface area contributed by atoms with Crippen LogP contribution >= 0.6 is 0 Å². The summed E-state index contributed by atoms with van der Waals surface area (Å²) in [6, 6.07) is 58.2. The van der Waals surface area contributed by atoms with Crippen LogP contribution in [-0.4, -0.2) is 19.5 Å². The molecule has 0 radical (unpaired) electrons. The van der Waals surface area contributed by atoms with Crippen molar-refractivity contribution in [3.8, 4) is 97.5 Å². The third-order valence-corrected chi connectivity index (χ3v) is 11.2. The fourth-order valence-electron chi connectivity index (χ4n) is 8.25. The molecule has 8 nitrogen and oxygen atoms in total. The Morgan fingerprint density at radius 1 is 0.369 bits per heavy atom. The lowest BCUT2D eigenvalue weighted by Gasteiger charge is -2.17. The lowest BCUT2D eigenvalue weighted by molar-refractivity contribution is 0.589. The van der Waals surface area contributed by atoms with Crippen LogP contribution in [0.1, 0.15) is 22.3 Å². The summed E-state index contributed by atoms with van der Waals surface area (Å²) in [7, 11) is 0. The maximum Gasteiger partial charge on any atom is 0.166 e. The summed E-state index contributed by atoms with van der Waals surface area (Å²) in [6.45, 7) is 0. The standard InChI is InChI=1S/C55H28F2N8/c56-47-12-7-13-48(57)52(47)41-16-19-49(46(26-41)55-63-53(37-8-3-1-4-9-37)62-54(64-55)38-10-5-2-6-11-38)65-50-27-39(42-22-33(29-58)20-34(23-42)30-59)14-17-44(50)45-18-15-40(28-51(45)65)43-24-35(31-60)21-36(25-43)32-61/h1-28H. The zero-order chi connectivity index (χ0) is 44.6. The van der Waals surface area contributed by atoms with Crippen LogP contribution in [0, 0.1) is 57.0 Å². The first-order valence-electron chi connectivity index (χ1n) is 20.3. The molecule has 0 aliphatic heterocycles. The van der Waals surface area contributed by atoms with Gasteiger partial charge >= 0.3 is 0 Å². The van der Waals surface area contributed by atoms with Crippen LogP contribution in [0.2, 0.25) is 0 Å². The van der Waals surface area contributed by atoms with E-state index in [4.69, 9.17) is 15.0 Å². The van der Waals surface area contributed by atoms with E-state index < -0.39 is 11.6 Å². The number of fused-ring (bicyclic) bond motifs is 3. The van der Waals surface area contributed by atoms with E-state index in [2.05, 4.69) is 24.3 Å². The summed E-state index contributed by atoms with van der Waals surface area (Å²) in [5.74, 6) is -0.493. The first kappa shape index (κ1) is 39.5. The van der Waals surface area contributed by atoms with E-state index in [1.54, 1.807) is 42.5 Å². The molecule has 0 fully saturated rings. The number of nitriles is 4. The molecule has 10 aromatic rings. The van der Waals surface area contributed by atoms with Crippen LogP contribution in [-0.2, 0) is 0 Å². The van der Waals surface area contributed by atoms with Crippen LogP contribution < -0.4 is 0 Å². The summed E-state index contributed by atoms with van der Waals surface area (Å²) in [4.78, 5) is 15.0. The van der Waals surface area contributed by atoms with Gasteiger partial charge in [-0.3, -0.25) is 0 Å². The average Bonchev–Trinajstić information content (AvgIpc) is 3.69. The van der Waals surface area contributed by atoms with Gasteiger partial charge in [-0.2, -0.15) is 21.0 Å². The summed E-state index contributed by atoms with van der Waals surface area (Å²) in [5, 5.41) is 41.2. The predicted octanol–water partition coefficient (Wildman–Crippen LogP) is 12.7. The molecule has 10 heteroatoms. The third-order valence-electron chi connectivity index (χ3n) is 11.2. The molecule has 10 rings (SSSR count). The second kappa shape index (κ2) is 16.3. The summed E-state index contributed by atoms with van der Waals surface area (Å²) in [5.41, 5.74) is 7.96. The molecule has 65 heavy (non-hydrogen) atoms. The van der Waals surface area contributed by atoms with Gasteiger partial charge in [0.1, 0.15) is 11.6 Å². The van der Waals surface area contributed by atoms with Crippen molar-refractivity contribution in [1.29, 1.82) is 21.0 Å². The molecule has 0 aliphatic carbocycles. The predicted molar refractivity (Wildman–Crippen MR) is 246 cm³/mol. The number of hydrogen-bond acceptors (Lipinski definition) is 7. The molecule has 0 unspecified atom stereocenters. The minimum absolute atomic E-state index is 0.218. The van der Waals surface area contributed by atoms with Gasteiger partial charge in [0.15, 0.2) is 17.5 Å². The second-order valence-corrected chi connectivity index (χ2v) is 15.2. The number of aromatic nitrogens is 4. The smallest absolute Gasteiger partial charge is 0.166 e. The first-order valence-corrected chi connectivity index (χ1v) is 20.3. The van der Waals surface area contributed by atoms with Gasteiger partial charge < -0.3 is 4.57 Å². The average molecular weight is 839 g/mol. The summed E-state index contributed by atoms with van der Waals surface area (Å²) < 4.78 is 33.4. The summed E-state index contributed by atoms with van der Waals surface area (Å²) in [6.07, 6.45) is 0. The molecule has 0 N–H and O–H groups in total. The Bertz CT molecular complexity index is 3460. The van der Waals surface area contributed by atoms with Crippen LogP contribution in [0.15, 0.2) is 170 Å². The Labute approximate surface area is 371 Å². The van der Waals surface area contributed by atoms with Crippen LogP contribution in [0.25, 0.3) is 95.0 Å². The maximum atomic E-state index is 15.7. The molecule has 0 saturated carbocycles. The molecule has 302 valence electrons. The molecule has 0 saturated heterocycles. The van der Waals surface area contributed by atoms with E-state index >= 15 is 8.78 Å². The number of halogens is 2. The van der Waals surface area contributed by atoms with E-state index in [-0.39, 0.29) is 17.0 Å². The maximum absolute atomic E-state index is 15.7. The van der Waals surface area contributed by atoms with Gasteiger partial charge in [0.2, 0.25) is 0 Å². The molecule has 0 atom stereocenters. The Morgan fingerprint density at radius 3 is 1.25 bits per heavy atom. The number of rotatable bonds is 7. The number of hydrogen-bond donors (Lipinski definition) is 0. The molecular formula is C55H28F2N8. The van der Waals surface area contributed by atoms with Gasteiger partial charge in [-0.1, -0.05) is 97.1 Å². The van der Waals surface area contributed by atoms with E-state index in [9.17, 15) is 21.0 Å². The highest BCUT2D eigenvalue weighted by Crippen LogP contribution is 2.42. The van der Waals surface area contributed by atoms with Crippen molar-refractivity contribution in [1.82, 2.24) is 19.5 Å². The van der Waals surface area contributed by atoms with Crippen molar-refractivity contribution in [3.63, 3.8) is 0 Å². The molecule has 8 aromatic carbocycles. The number of benzene rings is 8. The highest BCUT2D eigenvalue weighted by molar-refractivity contribution is 6.11. The molecule has 2 heterocycles. The van der Waals surface area contributed by atoms with Gasteiger partial charge in [0, 0.05) is 27.5 Å². The monoisotopic (exact) mass is 838 g/mol. The van der Waals surface area contributed by atoms with Crippen molar-refractivity contribution in [2.45, 2.75) is 0 Å². The van der Waals surface area contributed by atoms with Crippen molar-refractivity contribution >= 4 is 21.8 Å². The number of nitrogens with zero attached hydrogens (tertiary/aromatic N) is 8. The Morgan fingerprint density at radius 2 is 0.800 bits per heavy atom. The van der Waals surface area contributed by atoms with Gasteiger partial charge in [0.05, 0.1) is 68.8 Å². The molecular weight excluding hydrogens is 811 g/mol. The molecule has 0 spiro atoms. The quantitative estimate of drug-likeness (QED) is 0.156. The van der Waals surface area contributed by atoms with E-state index in [0.29, 0.717) is 67.3 Å². The Hall–Kier alpha value is -9.61. The molecule has 0 amide bonds. The van der Waals surface area contributed by atoms with Crippen LogP contribution in [0.5, 0.6) is 0 Å². The fraction of sp³-hybridized carbons (Fsp3) is 0. The largest absolute Gasteiger partial charge is 0.308 e. The highest BCUT2D eigenvalue weighted by Gasteiger charge is 2.23. The SMILES string of the molecule is N#Cc1cc(C#N)cc(-c2ccc3c4ccc(-c5cc(C#N)cc(C#N)c5)cc4n(-c4ccc(-c5c(F)cccc5F)cc4-c4nc(-c5ccccc5)nc(-c5ccccc5)n4)c3c2)c1. The van der Waals surface area contributed by atoms with Crippen LogP contribution in [0.4, 0.5) is 8.78 Å². The topological polar surface area (TPSA) is 139 Å². The van der Waals surface area contributed by atoms with Gasteiger partial charge in [-0.15, -0.1) is 0 Å².